The lowest BCUT2D eigenvalue weighted by Gasteiger charge is -2.08. The molecule has 0 saturated carbocycles. The Bertz CT molecular complexity index is 315. The fourth-order valence-corrected chi connectivity index (χ4v) is 1.56. The van der Waals surface area contributed by atoms with Gasteiger partial charge >= 0.3 is 0 Å². The Morgan fingerprint density at radius 2 is 2.06 bits per heavy atom. The van der Waals surface area contributed by atoms with Gasteiger partial charge in [0.05, 0.1) is 6.61 Å². The van der Waals surface area contributed by atoms with Gasteiger partial charge in [-0.05, 0) is 37.1 Å². The molecule has 0 radical (unpaired) electrons. The van der Waals surface area contributed by atoms with Crippen molar-refractivity contribution in [2.24, 2.45) is 5.73 Å². The van der Waals surface area contributed by atoms with Crippen molar-refractivity contribution in [1.82, 2.24) is 0 Å². The Morgan fingerprint density at radius 1 is 1.25 bits per heavy atom. The summed E-state index contributed by atoms with van der Waals surface area (Å²) < 4.78 is 18.7. The first-order chi connectivity index (χ1) is 7.76. The van der Waals surface area contributed by atoms with E-state index < -0.39 is 0 Å². The van der Waals surface area contributed by atoms with E-state index in [4.69, 9.17) is 10.5 Å². The van der Waals surface area contributed by atoms with E-state index in [1.165, 1.54) is 12.1 Å². The smallest absolute Gasteiger partial charge is 0.127 e. The lowest BCUT2D eigenvalue weighted by Crippen LogP contribution is -2.04. The van der Waals surface area contributed by atoms with Gasteiger partial charge in [-0.15, -0.1) is 0 Å². The minimum atomic E-state index is -0.253. The van der Waals surface area contributed by atoms with Gasteiger partial charge in [-0.25, -0.2) is 4.39 Å². The van der Waals surface area contributed by atoms with Crippen LogP contribution in [0.25, 0.3) is 0 Å². The molecule has 2 N–H and O–H groups in total. The fraction of sp³-hybridized carbons (Fsp3) is 0.538. The van der Waals surface area contributed by atoms with Crippen LogP contribution in [-0.2, 0) is 6.42 Å². The van der Waals surface area contributed by atoms with E-state index in [0.29, 0.717) is 25.3 Å². The number of halogens is 1. The quantitative estimate of drug-likeness (QED) is 0.724. The number of ether oxygens (including phenoxy) is 1. The molecule has 1 aromatic rings. The maximum atomic E-state index is 13.2. The summed E-state index contributed by atoms with van der Waals surface area (Å²) in [7, 11) is 0. The van der Waals surface area contributed by atoms with Gasteiger partial charge in [0.1, 0.15) is 11.6 Å². The van der Waals surface area contributed by atoms with Crippen LogP contribution in [0.15, 0.2) is 18.2 Å². The normalized spacial score (nSPS) is 10.4. The van der Waals surface area contributed by atoms with E-state index in [9.17, 15) is 4.39 Å². The van der Waals surface area contributed by atoms with Crippen LogP contribution in [0.3, 0.4) is 0 Å². The molecular formula is C13H20FNO. The van der Waals surface area contributed by atoms with Crippen LogP contribution in [0, 0.1) is 5.82 Å². The van der Waals surface area contributed by atoms with Crippen LogP contribution in [0.5, 0.6) is 5.75 Å². The number of nitrogens with two attached hydrogens (primary N) is 1. The first-order valence-electron chi connectivity index (χ1n) is 5.88. The predicted molar refractivity (Wildman–Crippen MR) is 64.2 cm³/mol. The van der Waals surface area contributed by atoms with Crippen LogP contribution >= 0.6 is 0 Å². The Labute approximate surface area is 96.6 Å². The Hall–Kier alpha value is -1.09. The molecule has 0 fully saturated rings. The third-order valence-electron chi connectivity index (χ3n) is 2.38. The second-order valence-corrected chi connectivity index (χ2v) is 3.89. The van der Waals surface area contributed by atoms with Crippen LogP contribution in [0.4, 0.5) is 4.39 Å². The van der Waals surface area contributed by atoms with Crippen LogP contribution < -0.4 is 10.5 Å². The summed E-state index contributed by atoms with van der Waals surface area (Å²) in [5.41, 5.74) is 6.33. The molecule has 0 aromatic heterocycles. The SMILES string of the molecule is CCCCCOc1cc(F)cc(CCN)c1. The van der Waals surface area contributed by atoms with Gasteiger partial charge in [0.15, 0.2) is 0 Å². The molecule has 0 heterocycles. The highest BCUT2D eigenvalue weighted by Gasteiger charge is 2.01. The van der Waals surface area contributed by atoms with Gasteiger partial charge < -0.3 is 10.5 Å². The Kier molecular flexibility index (Phi) is 5.86. The standard InChI is InChI=1S/C13H20FNO/c1-2-3-4-7-16-13-9-11(5-6-15)8-12(14)10-13/h8-10H,2-7,15H2,1H3. The molecule has 3 heteroatoms. The van der Waals surface area contributed by atoms with Crippen molar-refractivity contribution in [2.75, 3.05) is 13.2 Å². The van der Waals surface area contributed by atoms with Gasteiger partial charge in [-0.2, -0.15) is 0 Å². The molecule has 1 aromatic carbocycles. The maximum absolute atomic E-state index is 13.2. The number of rotatable bonds is 7. The van der Waals surface area contributed by atoms with Crippen LogP contribution in [0.1, 0.15) is 31.7 Å². The van der Waals surface area contributed by atoms with Crippen molar-refractivity contribution in [3.63, 3.8) is 0 Å². The summed E-state index contributed by atoms with van der Waals surface area (Å²) in [6.45, 7) is 3.32. The molecule has 0 amide bonds. The molecule has 2 nitrogen and oxygen atoms in total. The fourth-order valence-electron chi connectivity index (χ4n) is 1.56. The highest BCUT2D eigenvalue weighted by molar-refractivity contribution is 5.29. The van der Waals surface area contributed by atoms with E-state index in [2.05, 4.69) is 6.92 Å². The average Bonchev–Trinajstić information content (AvgIpc) is 2.24. The molecule has 0 atom stereocenters. The summed E-state index contributed by atoms with van der Waals surface area (Å²) in [6.07, 6.45) is 4.00. The zero-order chi connectivity index (χ0) is 11.8. The van der Waals surface area contributed by atoms with Crippen molar-refractivity contribution in [3.8, 4) is 5.75 Å². The zero-order valence-electron chi connectivity index (χ0n) is 9.84. The molecule has 0 bridgehead atoms. The summed E-state index contributed by atoms with van der Waals surface area (Å²) >= 11 is 0. The average molecular weight is 225 g/mol. The molecular weight excluding hydrogens is 205 g/mol. The van der Waals surface area contributed by atoms with Gasteiger partial charge in [-0.3, -0.25) is 0 Å². The van der Waals surface area contributed by atoms with Crippen molar-refractivity contribution in [2.45, 2.75) is 32.6 Å². The summed E-state index contributed by atoms with van der Waals surface area (Å²) in [5, 5.41) is 0. The van der Waals surface area contributed by atoms with Gasteiger partial charge in [0.25, 0.3) is 0 Å². The summed E-state index contributed by atoms with van der Waals surface area (Å²) in [4.78, 5) is 0. The number of benzene rings is 1. The summed E-state index contributed by atoms with van der Waals surface area (Å²) in [6, 6.07) is 4.79. The number of hydrogen-bond acceptors (Lipinski definition) is 2. The lowest BCUT2D eigenvalue weighted by molar-refractivity contribution is 0.304. The van der Waals surface area contributed by atoms with E-state index in [-0.39, 0.29) is 5.82 Å². The molecule has 0 aliphatic heterocycles. The van der Waals surface area contributed by atoms with E-state index in [1.54, 1.807) is 0 Å². The third-order valence-corrected chi connectivity index (χ3v) is 2.38. The van der Waals surface area contributed by atoms with Gasteiger partial charge in [-0.1, -0.05) is 19.8 Å². The number of hydrogen-bond donors (Lipinski definition) is 1. The predicted octanol–water partition coefficient (Wildman–Crippen LogP) is 2.90. The van der Waals surface area contributed by atoms with E-state index >= 15 is 0 Å². The van der Waals surface area contributed by atoms with E-state index in [1.807, 2.05) is 6.07 Å². The second kappa shape index (κ2) is 7.23. The maximum Gasteiger partial charge on any atom is 0.127 e. The molecule has 16 heavy (non-hydrogen) atoms. The molecule has 0 saturated heterocycles. The number of unbranched alkanes of at least 4 members (excludes halogenated alkanes) is 2. The monoisotopic (exact) mass is 225 g/mol. The highest BCUT2D eigenvalue weighted by Crippen LogP contribution is 2.17. The summed E-state index contributed by atoms with van der Waals surface area (Å²) in [5.74, 6) is 0.357. The largest absolute Gasteiger partial charge is 0.493 e. The van der Waals surface area contributed by atoms with Gasteiger partial charge in [0, 0.05) is 6.07 Å². The van der Waals surface area contributed by atoms with Crippen molar-refractivity contribution >= 4 is 0 Å². The van der Waals surface area contributed by atoms with Crippen molar-refractivity contribution < 1.29 is 9.13 Å². The van der Waals surface area contributed by atoms with Crippen LogP contribution in [0.2, 0.25) is 0 Å². The first kappa shape index (κ1) is 13.0. The Balaban J connectivity index is 2.51. The van der Waals surface area contributed by atoms with Crippen molar-refractivity contribution in [3.05, 3.63) is 29.6 Å². The topological polar surface area (TPSA) is 35.2 Å². The molecule has 0 aliphatic carbocycles. The molecule has 0 unspecified atom stereocenters. The first-order valence-corrected chi connectivity index (χ1v) is 5.88. The zero-order valence-corrected chi connectivity index (χ0v) is 9.84. The van der Waals surface area contributed by atoms with E-state index in [0.717, 1.165) is 24.8 Å². The minimum Gasteiger partial charge on any atom is -0.493 e. The molecule has 1 rings (SSSR count). The highest BCUT2D eigenvalue weighted by atomic mass is 19.1. The molecule has 0 aliphatic rings. The van der Waals surface area contributed by atoms with Gasteiger partial charge in [0.2, 0.25) is 0 Å². The minimum absolute atomic E-state index is 0.253. The molecule has 0 spiro atoms. The lowest BCUT2D eigenvalue weighted by atomic mass is 10.1. The third kappa shape index (κ3) is 4.62. The second-order valence-electron chi connectivity index (χ2n) is 3.89. The Morgan fingerprint density at radius 3 is 2.75 bits per heavy atom. The molecule has 90 valence electrons. The van der Waals surface area contributed by atoms with Crippen LogP contribution in [-0.4, -0.2) is 13.2 Å². The van der Waals surface area contributed by atoms with Crippen molar-refractivity contribution in [1.29, 1.82) is 0 Å².